The van der Waals surface area contributed by atoms with E-state index in [0.29, 0.717) is 12.8 Å². The third-order valence-electron chi connectivity index (χ3n) is 1.07. The third-order valence-corrected chi connectivity index (χ3v) is 1.97. The summed E-state index contributed by atoms with van der Waals surface area (Å²) >= 11 is 0. The number of hydrogen-bond acceptors (Lipinski definition) is 2. The summed E-state index contributed by atoms with van der Waals surface area (Å²) in [6, 6.07) is 0. The van der Waals surface area contributed by atoms with Crippen LogP contribution in [0.15, 0.2) is 0 Å². The van der Waals surface area contributed by atoms with Crippen LogP contribution in [0.5, 0.6) is 0 Å². The summed E-state index contributed by atoms with van der Waals surface area (Å²) < 4.78 is 10.2. The zero-order valence-electron chi connectivity index (χ0n) is 5.90. The second kappa shape index (κ2) is 4.09. The van der Waals surface area contributed by atoms with Crippen molar-refractivity contribution < 1.29 is 19.5 Å². The van der Waals surface area contributed by atoms with Crippen molar-refractivity contribution in [3.05, 3.63) is 0 Å². The van der Waals surface area contributed by atoms with Crippen LogP contribution in [-0.4, -0.2) is 27.2 Å². The van der Waals surface area contributed by atoms with E-state index in [4.69, 9.17) is 14.9 Å². The van der Waals surface area contributed by atoms with E-state index < -0.39 is 13.7 Å². The van der Waals surface area contributed by atoms with Gasteiger partial charge in [0.15, 0.2) is 0 Å². The summed E-state index contributed by atoms with van der Waals surface area (Å²) in [6.07, 6.45) is 0.233. The van der Waals surface area contributed by atoms with Gasteiger partial charge in [-0.05, 0) is 19.8 Å². The Morgan fingerprint density at radius 1 is 1.50 bits per heavy atom. The first-order valence-electron chi connectivity index (χ1n) is 3.14. The molecule has 0 aliphatic carbocycles. The van der Waals surface area contributed by atoms with E-state index in [2.05, 4.69) is 0 Å². The largest absolute Gasteiger partial charge is 0.393 e. The highest BCUT2D eigenvalue weighted by atomic mass is 31.2. The van der Waals surface area contributed by atoms with Crippen molar-refractivity contribution in [1.82, 2.24) is 0 Å². The van der Waals surface area contributed by atoms with E-state index in [1.807, 2.05) is 0 Å². The third kappa shape index (κ3) is 8.11. The van der Waals surface area contributed by atoms with Gasteiger partial charge in [-0.3, -0.25) is 4.57 Å². The first-order valence-corrected chi connectivity index (χ1v) is 4.94. The summed E-state index contributed by atoms with van der Waals surface area (Å²) in [7, 11) is -3.83. The molecule has 1 unspecified atom stereocenters. The molecule has 0 aliphatic rings. The smallest absolute Gasteiger partial charge is 0.325 e. The molecule has 0 fully saturated rings. The molecule has 0 aromatic carbocycles. The van der Waals surface area contributed by atoms with Gasteiger partial charge in [-0.15, -0.1) is 0 Å². The summed E-state index contributed by atoms with van der Waals surface area (Å²) in [6.45, 7) is 1.60. The average molecular weight is 168 g/mol. The first-order chi connectivity index (χ1) is 4.42. The number of aliphatic hydroxyl groups is 1. The van der Waals surface area contributed by atoms with Crippen LogP contribution in [-0.2, 0) is 4.57 Å². The normalized spacial score (nSPS) is 15.2. The summed E-state index contributed by atoms with van der Waals surface area (Å²) in [5.74, 6) is 0. The van der Waals surface area contributed by atoms with Gasteiger partial charge in [0.2, 0.25) is 0 Å². The molecule has 5 heteroatoms. The van der Waals surface area contributed by atoms with Crippen LogP contribution < -0.4 is 0 Å². The van der Waals surface area contributed by atoms with Crippen molar-refractivity contribution >= 4 is 7.60 Å². The maximum Gasteiger partial charge on any atom is 0.325 e. The molecule has 0 radical (unpaired) electrons. The van der Waals surface area contributed by atoms with Gasteiger partial charge in [0, 0.05) is 6.16 Å². The Balaban J connectivity index is 3.30. The lowest BCUT2D eigenvalue weighted by atomic mass is 10.2. The molecule has 62 valence electrons. The minimum Gasteiger partial charge on any atom is -0.393 e. The second-order valence-electron chi connectivity index (χ2n) is 2.38. The Morgan fingerprint density at radius 3 is 2.30 bits per heavy atom. The Hall–Kier alpha value is 0.110. The maximum atomic E-state index is 10.2. The molecule has 0 aromatic rings. The molecular weight excluding hydrogens is 155 g/mol. The molecule has 4 nitrogen and oxygen atoms in total. The molecule has 0 saturated heterocycles. The van der Waals surface area contributed by atoms with Crippen LogP contribution in [0.3, 0.4) is 0 Å². The average Bonchev–Trinajstić information content (AvgIpc) is 1.59. The highest BCUT2D eigenvalue weighted by Crippen LogP contribution is 2.35. The Labute approximate surface area is 60.0 Å². The van der Waals surface area contributed by atoms with Crippen molar-refractivity contribution in [3.8, 4) is 0 Å². The zero-order valence-corrected chi connectivity index (χ0v) is 6.79. The number of rotatable bonds is 4. The van der Waals surface area contributed by atoms with Crippen LogP contribution in [0.2, 0.25) is 0 Å². The van der Waals surface area contributed by atoms with Gasteiger partial charge in [0.1, 0.15) is 0 Å². The molecule has 0 saturated carbocycles. The molecular formula is C5H13O4P. The first kappa shape index (κ1) is 10.1. The molecule has 0 heterocycles. The Morgan fingerprint density at radius 2 is 2.00 bits per heavy atom. The lowest BCUT2D eigenvalue weighted by molar-refractivity contribution is 0.183. The molecule has 10 heavy (non-hydrogen) atoms. The summed E-state index contributed by atoms with van der Waals surface area (Å²) in [5.41, 5.74) is 0. The number of aliphatic hydroxyl groups excluding tert-OH is 1. The summed E-state index contributed by atoms with van der Waals surface area (Å²) in [5, 5.41) is 8.70. The topological polar surface area (TPSA) is 77.8 Å². The molecule has 0 bridgehead atoms. The SMILES string of the molecule is CC(O)CCCP(=O)(O)O. The quantitative estimate of drug-likeness (QED) is 0.528. The van der Waals surface area contributed by atoms with Crippen LogP contribution in [0.1, 0.15) is 19.8 Å². The monoisotopic (exact) mass is 168 g/mol. The van der Waals surface area contributed by atoms with Crippen molar-refractivity contribution in [2.24, 2.45) is 0 Å². The molecule has 0 aromatic heterocycles. The van der Waals surface area contributed by atoms with Gasteiger partial charge in [-0.1, -0.05) is 0 Å². The lowest BCUT2D eigenvalue weighted by Gasteiger charge is -2.04. The predicted molar refractivity (Wildman–Crippen MR) is 37.8 cm³/mol. The van der Waals surface area contributed by atoms with Crippen molar-refractivity contribution in [3.63, 3.8) is 0 Å². The van der Waals surface area contributed by atoms with E-state index in [0.717, 1.165) is 0 Å². The summed E-state index contributed by atoms with van der Waals surface area (Å²) in [4.78, 5) is 16.7. The van der Waals surface area contributed by atoms with Crippen LogP contribution >= 0.6 is 7.60 Å². The van der Waals surface area contributed by atoms with Crippen LogP contribution in [0.4, 0.5) is 0 Å². The maximum absolute atomic E-state index is 10.2. The van der Waals surface area contributed by atoms with Gasteiger partial charge in [0.25, 0.3) is 0 Å². The van der Waals surface area contributed by atoms with Gasteiger partial charge in [-0.25, -0.2) is 0 Å². The molecule has 0 spiro atoms. The van der Waals surface area contributed by atoms with Gasteiger partial charge in [0.05, 0.1) is 6.10 Å². The Kier molecular flexibility index (Phi) is 4.13. The highest BCUT2D eigenvalue weighted by Gasteiger charge is 2.11. The standard InChI is InChI=1S/C5H13O4P/c1-5(6)3-2-4-10(7,8)9/h5-6H,2-4H2,1H3,(H2,7,8,9). The fourth-order valence-corrected chi connectivity index (χ4v) is 1.19. The molecule has 0 rings (SSSR count). The minimum atomic E-state index is -3.83. The van der Waals surface area contributed by atoms with Gasteiger partial charge in [-0.2, -0.15) is 0 Å². The molecule has 3 N–H and O–H groups in total. The molecule has 0 aliphatic heterocycles. The lowest BCUT2D eigenvalue weighted by Crippen LogP contribution is -2.00. The highest BCUT2D eigenvalue weighted by molar-refractivity contribution is 7.51. The van der Waals surface area contributed by atoms with Crippen molar-refractivity contribution in [2.45, 2.75) is 25.9 Å². The number of hydrogen-bond donors (Lipinski definition) is 3. The van der Waals surface area contributed by atoms with Crippen molar-refractivity contribution in [1.29, 1.82) is 0 Å². The zero-order chi connectivity index (χ0) is 8.20. The van der Waals surface area contributed by atoms with Crippen LogP contribution in [0, 0.1) is 0 Å². The van der Waals surface area contributed by atoms with E-state index in [1.165, 1.54) is 0 Å². The molecule has 1 atom stereocenters. The van der Waals surface area contributed by atoms with E-state index >= 15 is 0 Å². The van der Waals surface area contributed by atoms with E-state index in [9.17, 15) is 4.57 Å². The van der Waals surface area contributed by atoms with E-state index in [-0.39, 0.29) is 6.16 Å². The minimum absolute atomic E-state index is 0.127. The predicted octanol–water partition coefficient (Wildman–Crippen LogP) is 0.325. The Bertz CT molecular complexity index is 128. The van der Waals surface area contributed by atoms with Crippen LogP contribution in [0.25, 0.3) is 0 Å². The molecule has 0 amide bonds. The van der Waals surface area contributed by atoms with E-state index in [1.54, 1.807) is 6.92 Å². The van der Waals surface area contributed by atoms with Gasteiger partial charge < -0.3 is 14.9 Å². The fraction of sp³-hybridized carbons (Fsp3) is 1.00. The van der Waals surface area contributed by atoms with Crippen molar-refractivity contribution in [2.75, 3.05) is 6.16 Å². The fourth-order valence-electron chi connectivity index (χ4n) is 0.593. The van der Waals surface area contributed by atoms with Gasteiger partial charge >= 0.3 is 7.60 Å². The second-order valence-corrected chi connectivity index (χ2v) is 4.16.